The molecule has 0 heterocycles. The molecule has 0 aromatic carbocycles. The Morgan fingerprint density at radius 2 is 1.53 bits per heavy atom. The summed E-state index contributed by atoms with van der Waals surface area (Å²) >= 11 is 0. The van der Waals surface area contributed by atoms with Gasteiger partial charge in [0.15, 0.2) is 6.67 Å². The topological polar surface area (TPSA) is 9.23 Å². The van der Waals surface area contributed by atoms with Gasteiger partial charge in [0.25, 0.3) is 0 Å². The minimum absolute atomic E-state index is 0.117. The molecule has 0 N–H and O–H groups in total. The van der Waals surface area contributed by atoms with Gasteiger partial charge in [-0.1, -0.05) is 63.7 Å². The summed E-state index contributed by atoms with van der Waals surface area (Å²) in [6, 6.07) is 0. The van der Waals surface area contributed by atoms with Crippen LogP contribution < -0.4 is 0 Å². The van der Waals surface area contributed by atoms with E-state index in [1.165, 1.54) is 70.3 Å². The maximum atomic E-state index is 13.5. The molecule has 3 rings (SSSR count). The number of hydrogen-bond acceptors (Lipinski definition) is 1. The molecule has 0 saturated heterocycles. The number of ether oxygens (including phenoxy) is 1. The largest absolute Gasteiger partial charge is 0.422 e. The van der Waals surface area contributed by atoms with Gasteiger partial charge in [0.1, 0.15) is 0 Å². The lowest BCUT2D eigenvalue weighted by atomic mass is 9.67. The van der Waals surface area contributed by atoms with Crippen molar-refractivity contribution in [3.63, 3.8) is 0 Å². The van der Waals surface area contributed by atoms with Gasteiger partial charge in [-0.05, 0) is 74.2 Å². The molecule has 1 atom stereocenters. The summed E-state index contributed by atoms with van der Waals surface area (Å²) in [6.07, 6.45) is 14.7. The molecule has 1 unspecified atom stereocenters. The molecule has 3 aliphatic rings. The monoisotopic (exact) mass is 462 g/mol. The van der Waals surface area contributed by atoms with Crippen LogP contribution in [0.15, 0.2) is 23.8 Å². The van der Waals surface area contributed by atoms with Crippen molar-refractivity contribution in [2.24, 2.45) is 23.7 Å². The van der Waals surface area contributed by atoms with E-state index in [0.29, 0.717) is 5.92 Å². The Morgan fingerprint density at radius 1 is 0.906 bits per heavy atom. The summed E-state index contributed by atoms with van der Waals surface area (Å²) in [5.74, 6) is -1.82. The van der Waals surface area contributed by atoms with Gasteiger partial charge in [0.2, 0.25) is 0 Å². The quantitative estimate of drug-likeness (QED) is 0.233. The molecule has 0 spiro atoms. The first kappa shape index (κ1) is 25.7. The van der Waals surface area contributed by atoms with Crippen LogP contribution in [-0.4, -0.2) is 24.8 Å². The summed E-state index contributed by atoms with van der Waals surface area (Å²) in [6.45, 7) is -0.186. The lowest BCUT2D eigenvalue weighted by molar-refractivity contribution is -0.358. The van der Waals surface area contributed by atoms with Crippen molar-refractivity contribution < 1.29 is 26.7 Å². The van der Waals surface area contributed by atoms with Crippen molar-refractivity contribution in [3.8, 4) is 0 Å². The van der Waals surface area contributed by atoms with Gasteiger partial charge in [-0.15, -0.1) is 0 Å². The maximum Gasteiger partial charge on any atom is 0.422 e. The average molecular weight is 463 g/mol. The van der Waals surface area contributed by atoms with Crippen molar-refractivity contribution >= 4 is 0 Å². The summed E-state index contributed by atoms with van der Waals surface area (Å²) in [5, 5.41) is 0. The molecule has 0 bridgehead atoms. The second-order valence-electron chi connectivity index (χ2n) is 10.2. The third kappa shape index (κ3) is 6.57. The fourth-order valence-electron chi connectivity index (χ4n) is 5.92. The highest BCUT2D eigenvalue weighted by Crippen LogP contribution is 2.44. The second kappa shape index (κ2) is 11.5. The zero-order valence-electron chi connectivity index (χ0n) is 19.3. The van der Waals surface area contributed by atoms with Crippen LogP contribution in [0.2, 0.25) is 0 Å². The van der Waals surface area contributed by atoms with Crippen molar-refractivity contribution in [2.45, 2.75) is 109 Å². The maximum absolute atomic E-state index is 13.5. The highest BCUT2D eigenvalue weighted by molar-refractivity contribution is 5.27. The van der Waals surface area contributed by atoms with Crippen LogP contribution in [0, 0.1) is 23.7 Å². The van der Waals surface area contributed by atoms with Gasteiger partial charge in [0, 0.05) is 0 Å². The van der Waals surface area contributed by atoms with Crippen LogP contribution in [0.4, 0.5) is 22.0 Å². The van der Waals surface area contributed by atoms with Gasteiger partial charge < -0.3 is 4.74 Å². The molecule has 0 aromatic heterocycles. The predicted molar refractivity (Wildman–Crippen MR) is 118 cm³/mol. The Balaban J connectivity index is 1.40. The average Bonchev–Trinajstić information content (AvgIpc) is 2.80. The van der Waals surface area contributed by atoms with E-state index in [-0.39, 0.29) is 6.42 Å². The molecular formula is C26H39F5O. The first-order valence-electron chi connectivity index (χ1n) is 12.6. The number of allylic oxidation sites excluding steroid dienone is 2. The highest BCUT2D eigenvalue weighted by Gasteiger charge is 2.59. The molecule has 6 heteroatoms. The summed E-state index contributed by atoms with van der Waals surface area (Å²) < 4.78 is 69.6. The fourth-order valence-corrected chi connectivity index (χ4v) is 5.92. The highest BCUT2D eigenvalue weighted by atomic mass is 19.3. The van der Waals surface area contributed by atoms with Gasteiger partial charge in [-0.3, -0.25) is 0 Å². The molecule has 32 heavy (non-hydrogen) atoms. The summed E-state index contributed by atoms with van der Waals surface area (Å²) in [4.78, 5) is 0. The van der Waals surface area contributed by atoms with Crippen LogP contribution in [0.3, 0.4) is 0 Å². The van der Waals surface area contributed by atoms with E-state index in [2.05, 4.69) is 11.7 Å². The molecule has 1 nitrogen and oxygen atoms in total. The zero-order valence-corrected chi connectivity index (χ0v) is 19.3. The standard InChI is InChI=1S/C26H39F5O/c1-2-3-4-5-19-6-8-20(9-7-19)21-10-12-22(13-11-21)23-14-16-24(17-15-23)32-26(30,31)25(28,29)18-27/h14-16,19-22,24H,2-13,17-18H2,1H3/t19-,20-,21?,22?,24?. The summed E-state index contributed by atoms with van der Waals surface area (Å²) in [7, 11) is 0. The number of alkyl halides is 5. The van der Waals surface area contributed by atoms with Crippen molar-refractivity contribution in [1.29, 1.82) is 0 Å². The van der Waals surface area contributed by atoms with Crippen molar-refractivity contribution in [1.82, 2.24) is 0 Å². The van der Waals surface area contributed by atoms with Crippen LogP contribution >= 0.6 is 0 Å². The molecule has 184 valence electrons. The zero-order chi connectivity index (χ0) is 23.2. The smallest absolute Gasteiger partial charge is 0.308 e. The second-order valence-corrected chi connectivity index (χ2v) is 10.2. The fraction of sp³-hybridized carbons (Fsp3) is 0.846. The Labute approximate surface area is 189 Å². The van der Waals surface area contributed by atoms with Crippen molar-refractivity contribution in [3.05, 3.63) is 23.8 Å². The van der Waals surface area contributed by atoms with E-state index >= 15 is 0 Å². The molecule has 0 radical (unpaired) electrons. The van der Waals surface area contributed by atoms with Crippen LogP contribution in [0.5, 0.6) is 0 Å². The molecular weight excluding hydrogens is 423 g/mol. The number of hydrogen-bond donors (Lipinski definition) is 0. The van der Waals surface area contributed by atoms with Gasteiger partial charge >= 0.3 is 12.0 Å². The number of halogens is 5. The van der Waals surface area contributed by atoms with Gasteiger partial charge in [-0.2, -0.15) is 17.6 Å². The van der Waals surface area contributed by atoms with Crippen LogP contribution in [-0.2, 0) is 4.74 Å². The van der Waals surface area contributed by atoms with Crippen LogP contribution in [0.25, 0.3) is 0 Å². The Bertz CT molecular complexity index is 628. The Kier molecular flexibility index (Phi) is 9.23. The third-order valence-corrected chi connectivity index (χ3v) is 8.00. The van der Waals surface area contributed by atoms with E-state index in [4.69, 9.17) is 0 Å². The predicted octanol–water partition coefficient (Wildman–Crippen LogP) is 8.65. The van der Waals surface area contributed by atoms with Gasteiger partial charge in [-0.25, -0.2) is 4.39 Å². The third-order valence-electron chi connectivity index (χ3n) is 8.00. The molecule has 3 aliphatic carbocycles. The molecule has 0 aromatic rings. The molecule has 0 amide bonds. The SMILES string of the molecule is CCCCC[C@H]1CC[C@H](C2CCC(C3=CCC(OC(F)(F)C(F)(F)CF)C=C3)CC2)CC1. The lowest BCUT2D eigenvalue weighted by Gasteiger charge is -2.38. The number of unbranched alkanes of at least 4 members (excludes halogenated alkanes) is 2. The Hall–Kier alpha value is -0.910. The molecule has 0 aliphatic heterocycles. The van der Waals surface area contributed by atoms with Crippen LogP contribution in [0.1, 0.15) is 90.4 Å². The molecule has 2 fully saturated rings. The number of rotatable bonds is 10. The minimum atomic E-state index is -4.81. The van der Waals surface area contributed by atoms with E-state index in [9.17, 15) is 22.0 Å². The van der Waals surface area contributed by atoms with E-state index in [1.807, 2.05) is 6.08 Å². The molecule has 2 saturated carbocycles. The van der Waals surface area contributed by atoms with E-state index in [0.717, 1.165) is 36.2 Å². The minimum Gasteiger partial charge on any atom is -0.308 e. The first-order valence-corrected chi connectivity index (χ1v) is 12.6. The first-order chi connectivity index (χ1) is 15.3. The van der Waals surface area contributed by atoms with Crippen molar-refractivity contribution in [2.75, 3.05) is 6.67 Å². The summed E-state index contributed by atoms with van der Waals surface area (Å²) in [5.41, 5.74) is 1.10. The van der Waals surface area contributed by atoms with E-state index < -0.39 is 24.8 Å². The van der Waals surface area contributed by atoms with Gasteiger partial charge in [0.05, 0.1) is 6.10 Å². The van der Waals surface area contributed by atoms with E-state index in [1.54, 1.807) is 6.08 Å². The lowest BCUT2D eigenvalue weighted by Crippen LogP contribution is -2.46. The normalized spacial score (nSPS) is 32.1. The Morgan fingerprint density at radius 3 is 2.06 bits per heavy atom.